The molecule has 2 aromatic rings. The molecule has 0 bridgehead atoms. The van der Waals surface area contributed by atoms with Crippen molar-refractivity contribution >= 4 is 26.8 Å². The Morgan fingerprint density at radius 2 is 0.964 bits per heavy atom. The molecule has 0 aliphatic rings. The van der Waals surface area contributed by atoms with Crippen molar-refractivity contribution in [2.24, 2.45) is 0 Å². The zero-order valence-corrected chi connectivity index (χ0v) is 17.1. The number of allylic oxidation sites excluding steroid dienone is 2. The highest BCUT2D eigenvalue weighted by atomic mass is 31.2. The number of phosphoric acid groups is 2. The van der Waals surface area contributed by atoms with Crippen LogP contribution in [-0.4, -0.2) is 19.6 Å². The highest BCUT2D eigenvalue weighted by Crippen LogP contribution is 2.40. The van der Waals surface area contributed by atoms with Crippen LogP contribution in [0, 0.1) is 0 Å². The molecule has 0 spiro atoms. The van der Waals surface area contributed by atoms with Crippen LogP contribution in [0.4, 0.5) is 0 Å². The number of hydrogen-bond acceptors (Lipinski definition) is 4. The molecule has 2 aromatic carbocycles. The Kier molecular flexibility index (Phi) is 7.23. The van der Waals surface area contributed by atoms with Gasteiger partial charge in [0.1, 0.15) is 11.5 Å². The molecule has 0 saturated heterocycles. The van der Waals surface area contributed by atoms with Crippen molar-refractivity contribution in [3.05, 3.63) is 59.7 Å². The van der Waals surface area contributed by atoms with Gasteiger partial charge in [-0.25, -0.2) is 9.13 Å². The number of rotatable bonds is 8. The molecule has 0 amide bonds. The first-order valence-electron chi connectivity index (χ1n) is 8.45. The van der Waals surface area contributed by atoms with Crippen LogP contribution in [0.3, 0.4) is 0 Å². The Labute approximate surface area is 162 Å². The van der Waals surface area contributed by atoms with E-state index in [4.69, 9.17) is 19.6 Å². The molecule has 28 heavy (non-hydrogen) atoms. The van der Waals surface area contributed by atoms with Crippen LogP contribution in [0.5, 0.6) is 11.5 Å². The SMILES string of the molecule is CCC(=C(CC)c1ccc(OP(=O)(O)O)cc1)c1ccc(OP(=O)(O)O)cc1. The normalized spacial score (nSPS) is 13.1. The Morgan fingerprint density at radius 1 is 0.679 bits per heavy atom. The van der Waals surface area contributed by atoms with Gasteiger partial charge in [-0.15, -0.1) is 0 Å². The van der Waals surface area contributed by atoms with Crippen LogP contribution in [-0.2, 0) is 9.13 Å². The molecule has 0 unspecified atom stereocenters. The lowest BCUT2D eigenvalue weighted by atomic mass is 9.91. The van der Waals surface area contributed by atoms with Crippen LogP contribution < -0.4 is 9.05 Å². The Morgan fingerprint density at radius 3 is 1.18 bits per heavy atom. The predicted octanol–water partition coefficient (Wildman–Crippen LogP) is 4.36. The molecule has 0 aliphatic carbocycles. The van der Waals surface area contributed by atoms with Crippen LogP contribution in [0.25, 0.3) is 11.1 Å². The lowest BCUT2D eigenvalue weighted by Gasteiger charge is -2.15. The quantitative estimate of drug-likeness (QED) is 0.360. The molecule has 10 heteroatoms. The van der Waals surface area contributed by atoms with Crippen molar-refractivity contribution in [1.29, 1.82) is 0 Å². The second-order valence-corrected chi connectivity index (χ2v) is 8.20. The van der Waals surface area contributed by atoms with Crippen LogP contribution in [0.2, 0.25) is 0 Å². The molecule has 2 rings (SSSR count). The third-order valence-electron chi connectivity index (χ3n) is 3.93. The van der Waals surface area contributed by atoms with Gasteiger partial charge >= 0.3 is 15.6 Å². The van der Waals surface area contributed by atoms with E-state index < -0.39 is 15.6 Å². The Balaban J connectivity index is 2.36. The maximum absolute atomic E-state index is 10.9. The van der Waals surface area contributed by atoms with Crippen LogP contribution in [0.1, 0.15) is 37.8 Å². The van der Waals surface area contributed by atoms with Crippen molar-refractivity contribution < 1.29 is 37.8 Å². The molecule has 0 aromatic heterocycles. The largest absolute Gasteiger partial charge is 0.524 e. The standard InChI is InChI=1S/C18H22O8P2/c1-3-17(13-5-9-15(10-6-13)25-27(19,20)21)18(4-2)14-7-11-16(12-8-14)26-28(22,23)24/h5-12H,3-4H2,1-2H3,(H2,19,20,21)(H2,22,23,24). The van der Waals surface area contributed by atoms with Crippen molar-refractivity contribution in [3.8, 4) is 11.5 Å². The fourth-order valence-corrected chi connectivity index (χ4v) is 3.68. The minimum atomic E-state index is -4.61. The predicted molar refractivity (Wildman–Crippen MR) is 106 cm³/mol. The van der Waals surface area contributed by atoms with E-state index in [1.807, 2.05) is 13.8 Å². The maximum atomic E-state index is 10.9. The van der Waals surface area contributed by atoms with E-state index in [0.29, 0.717) is 12.8 Å². The van der Waals surface area contributed by atoms with Crippen LogP contribution in [0.15, 0.2) is 48.5 Å². The van der Waals surface area contributed by atoms with E-state index in [1.165, 1.54) is 24.3 Å². The minimum absolute atomic E-state index is 0.0736. The van der Waals surface area contributed by atoms with E-state index in [0.717, 1.165) is 22.3 Å². The molecule has 0 fully saturated rings. The Bertz CT molecular complexity index is 846. The molecular formula is C18H22O8P2. The summed E-state index contributed by atoms with van der Waals surface area (Å²) in [6.07, 6.45) is 1.42. The third-order valence-corrected chi connectivity index (χ3v) is 4.82. The van der Waals surface area contributed by atoms with Gasteiger partial charge in [0, 0.05) is 0 Å². The van der Waals surface area contributed by atoms with Gasteiger partial charge in [-0.1, -0.05) is 38.1 Å². The third kappa shape index (κ3) is 6.60. The number of hydrogen-bond donors (Lipinski definition) is 4. The van der Waals surface area contributed by atoms with Gasteiger partial charge in [-0.05, 0) is 59.4 Å². The number of phosphoric ester groups is 2. The summed E-state index contributed by atoms with van der Waals surface area (Å²) in [5, 5.41) is 0. The van der Waals surface area contributed by atoms with E-state index in [2.05, 4.69) is 9.05 Å². The number of benzene rings is 2. The van der Waals surface area contributed by atoms with Gasteiger partial charge in [0.15, 0.2) is 0 Å². The lowest BCUT2D eigenvalue weighted by Crippen LogP contribution is -1.94. The summed E-state index contributed by atoms with van der Waals surface area (Å²) >= 11 is 0. The summed E-state index contributed by atoms with van der Waals surface area (Å²) in [5.41, 5.74) is 3.84. The van der Waals surface area contributed by atoms with E-state index >= 15 is 0 Å². The first kappa shape index (κ1) is 22.4. The summed E-state index contributed by atoms with van der Waals surface area (Å²) < 4.78 is 31.0. The average molecular weight is 428 g/mol. The van der Waals surface area contributed by atoms with Crippen molar-refractivity contribution in [2.75, 3.05) is 0 Å². The van der Waals surface area contributed by atoms with Gasteiger partial charge in [-0.3, -0.25) is 19.6 Å². The zero-order valence-electron chi connectivity index (χ0n) is 15.3. The van der Waals surface area contributed by atoms with E-state index in [1.54, 1.807) is 24.3 Å². The second-order valence-electron chi connectivity index (χ2n) is 5.88. The summed E-state index contributed by atoms with van der Waals surface area (Å²) in [6, 6.07) is 12.9. The topological polar surface area (TPSA) is 134 Å². The van der Waals surface area contributed by atoms with Gasteiger partial charge in [-0.2, -0.15) is 0 Å². The van der Waals surface area contributed by atoms with Crippen molar-refractivity contribution in [1.82, 2.24) is 0 Å². The summed E-state index contributed by atoms with van der Waals surface area (Å²) in [6.45, 7) is 3.99. The van der Waals surface area contributed by atoms with E-state index in [9.17, 15) is 9.13 Å². The highest BCUT2D eigenvalue weighted by Gasteiger charge is 2.17. The first-order valence-corrected chi connectivity index (χ1v) is 11.5. The molecule has 152 valence electrons. The molecule has 4 N–H and O–H groups in total. The molecule has 0 atom stereocenters. The minimum Gasteiger partial charge on any atom is -0.404 e. The maximum Gasteiger partial charge on any atom is 0.524 e. The highest BCUT2D eigenvalue weighted by molar-refractivity contribution is 7.47. The van der Waals surface area contributed by atoms with E-state index in [-0.39, 0.29) is 11.5 Å². The van der Waals surface area contributed by atoms with Crippen molar-refractivity contribution in [2.45, 2.75) is 26.7 Å². The fraction of sp³-hybridized carbons (Fsp3) is 0.222. The molecular weight excluding hydrogens is 406 g/mol. The Hall–Kier alpha value is -1.92. The zero-order chi connectivity index (χ0) is 20.9. The monoisotopic (exact) mass is 428 g/mol. The average Bonchev–Trinajstić information content (AvgIpc) is 2.59. The molecule has 0 heterocycles. The van der Waals surface area contributed by atoms with Gasteiger partial charge in [0.2, 0.25) is 0 Å². The molecule has 0 saturated carbocycles. The molecule has 8 nitrogen and oxygen atoms in total. The first-order chi connectivity index (χ1) is 13.0. The van der Waals surface area contributed by atoms with Crippen LogP contribution >= 0.6 is 15.6 Å². The fourth-order valence-electron chi connectivity index (χ4n) is 2.89. The van der Waals surface area contributed by atoms with Crippen molar-refractivity contribution in [3.63, 3.8) is 0 Å². The summed E-state index contributed by atoms with van der Waals surface area (Å²) in [5.74, 6) is 0.147. The van der Waals surface area contributed by atoms with Gasteiger partial charge < -0.3 is 9.05 Å². The molecule has 0 aliphatic heterocycles. The molecule has 0 radical (unpaired) electrons. The summed E-state index contributed by atoms with van der Waals surface area (Å²) in [4.78, 5) is 35.5. The van der Waals surface area contributed by atoms with Gasteiger partial charge in [0.25, 0.3) is 0 Å². The lowest BCUT2D eigenvalue weighted by molar-refractivity contribution is 0.281. The second kappa shape index (κ2) is 9.05. The van der Waals surface area contributed by atoms with Gasteiger partial charge in [0.05, 0.1) is 0 Å². The summed E-state index contributed by atoms with van der Waals surface area (Å²) in [7, 11) is -9.21. The smallest absolute Gasteiger partial charge is 0.404 e.